The van der Waals surface area contributed by atoms with E-state index in [9.17, 15) is 4.79 Å². The number of hydrogen-bond donors (Lipinski definition) is 1. The van der Waals surface area contributed by atoms with Crippen molar-refractivity contribution in [2.24, 2.45) is 10.9 Å². The molecule has 1 N–H and O–H groups in total. The molecule has 1 aromatic heterocycles. The molecule has 2 aliphatic rings. The van der Waals surface area contributed by atoms with E-state index in [1.54, 1.807) is 6.07 Å². The summed E-state index contributed by atoms with van der Waals surface area (Å²) in [6.07, 6.45) is 12.6. The highest BCUT2D eigenvalue weighted by Crippen LogP contribution is 2.35. The second kappa shape index (κ2) is 11.8. The average molecular weight is 491 g/mol. The highest BCUT2D eigenvalue weighted by atomic mass is 16.1. The summed E-state index contributed by atoms with van der Waals surface area (Å²) in [6.45, 7) is 4.51. The SMILES string of the molecule is CCCC#Cc1ccc2c(c1)CCCC(c1c[nH]c(Cc3ccc(C4CCC(C)CC4)cc3)cc1=O)=N2. The van der Waals surface area contributed by atoms with Crippen LogP contribution in [0.4, 0.5) is 5.69 Å². The van der Waals surface area contributed by atoms with Crippen LogP contribution in [-0.4, -0.2) is 10.7 Å². The van der Waals surface area contributed by atoms with Gasteiger partial charge in [0.25, 0.3) is 0 Å². The van der Waals surface area contributed by atoms with Crippen LogP contribution >= 0.6 is 0 Å². The molecule has 3 heteroatoms. The van der Waals surface area contributed by atoms with Gasteiger partial charge in [0.15, 0.2) is 5.43 Å². The van der Waals surface area contributed by atoms with Gasteiger partial charge in [-0.15, -0.1) is 0 Å². The number of hydrogen-bond acceptors (Lipinski definition) is 2. The van der Waals surface area contributed by atoms with Gasteiger partial charge in [-0.25, -0.2) is 0 Å². The zero-order valence-electron chi connectivity index (χ0n) is 22.3. The van der Waals surface area contributed by atoms with Gasteiger partial charge < -0.3 is 4.98 Å². The van der Waals surface area contributed by atoms with Crippen molar-refractivity contribution in [1.82, 2.24) is 4.98 Å². The lowest BCUT2D eigenvalue weighted by Crippen LogP contribution is -2.16. The Bertz CT molecular complexity index is 1380. The Kier molecular flexibility index (Phi) is 8.05. The molecule has 0 amide bonds. The Balaban J connectivity index is 1.29. The maximum Gasteiger partial charge on any atom is 0.190 e. The predicted molar refractivity (Wildman–Crippen MR) is 154 cm³/mol. The summed E-state index contributed by atoms with van der Waals surface area (Å²) >= 11 is 0. The molecule has 2 heterocycles. The summed E-state index contributed by atoms with van der Waals surface area (Å²) in [6, 6.07) is 17.1. The first-order chi connectivity index (χ1) is 18.1. The first-order valence-corrected chi connectivity index (χ1v) is 14.1. The van der Waals surface area contributed by atoms with Gasteiger partial charge in [-0.3, -0.25) is 9.79 Å². The summed E-state index contributed by atoms with van der Waals surface area (Å²) in [7, 11) is 0. The van der Waals surface area contributed by atoms with Gasteiger partial charge in [0.05, 0.1) is 17.0 Å². The standard InChI is InChI=1S/C34H38N2O/c1-3-4-5-7-25-14-19-32-29(20-25)8-6-9-33(36-32)31-23-35-30(22-34(31)37)21-26-12-17-28(18-13-26)27-15-10-24(2)11-16-27/h12-14,17-20,22-24,27H,3-4,6,8-11,15-16,21H2,1-2H3,(H,35,37). The fraction of sp³-hybridized carbons (Fsp3) is 0.412. The fourth-order valence-corrected chi connectivity index (χ4v) is 5.67. The lowest BCUT2D eigenvalue weighted by atomic mass is 9.79. The summed E-state index contributed by atoms with van der Waals surface area (Å²) < 4.78 is 0. The molecular weight excluding hydrogens is 452 g/mol. The number of nitrogens with zero attached hydrogens (tertiary/aromatic N) is 1. The minimum Gasteiger partial charge on any atom is -0.364 e. The predicted octanol–water partition coefficient (Wildman–Crippen LogP) is 7.87. The van der Waals surface area contributed by atoms with Crippen molar-refractivity contribution in [3.8, 4) is 11.8 Å². The van der Waals surface area contributed by atoms with Crippen molar-refractivity contribution in [2.45, 2.75) is 84.0 Å². The van der Waals surface area contributed by atoms with Gasteiger partial charge in [0.1, 0.15) is 0 Å². The molecule has 0 atom stereocenters. The van der Waals surface area contributed by atoms with Crippen LogP contribution in [0.1, 0.15) is 105 Å². The molecule has 0 unspecified atom stereocenters. The number of fused-ring (bicyclic) bond motifs is 1. The van der Waals surface area contributed by atoms with Crippen molar-refractivity contribution in [3.05, 3.63) is 98.5 Å². The molecule has 1 aliphatic carbocycles. The highest BCUT2D eigenvalue weighted by Gasteiger charge is 2.20. The second-order valence-electron chi connectivity index (χ2n) is 10.9. The Morgan fingerprint density at radius 2 is 1.81 bits per heavy atom. The van der Waals surface area contributed by atoms with Crippen LogP contribution in [-0.2, 0) is 12.8 Å². The summed E-state index contributed by atoms with van der Waals surface area (Å²) in [5, 5.41) is 0. The number of nitrogens with one attached hydrogen (secondary N) is 1. The van der Waals surface area contributed by atoms with Gasteiger partial charge in [-0.05, 0) is 85.3 Å². The third-order valence-corrected chi connectivity index (χ3v) is 7.95. The largest absolute Gasteiger partial charge is 0.364 e. The minimum absolute atomic E-state index is 0.0472. The number of H-pyrrole nitrogens is 1. The number of aryl methyl sites for hydroxylation is 1. The molecule has 0 radical (unpaired) electrons. The summed E-state index contributed by atoms with van der Waals surface area (Å²) in [4.78, 5) is 21.4. The number of aromatic amines is 1. The van der Waals surface area contributed by atoms with Gasteiger partial charge in [0, 0.05) is 36.4 Å². The average Bonchev–Trinajstić information content (AvgIpc) is 3.12. The number of rotatable bonds is 5. The van der Waals surface area contributed by atoms with E-state index in [-0.39, 0.29) is 5.43 Å². The van der Waals surface area contributed by atoms with Gasteiger partial charge in [-0.2, -0.15) is 0 Å². The Morgan fingerprint density at radius 3 is 2.57 bits per heavy atom. The first kappa shape index (κ1) is 25.3. The molecule has 3 aromatic rings. The van der Waals surface area contributed by atoms with Crippen LogP contribution in [0.15, 0.2) is 64.5 Å². The fourth-order valence-electron chi connectivity index (χ4n) is 5.67. The van der Waals surface area contributed by atoms with Crippen molar-refractivity contribution in [2.75, 3.05) is 0 Å². The topological polar surface area (TPSA) is 45.2 Å². The van der Waals surface area contributed by atoms with Crippen molar-refractivity contribution < 1.29 is 0 Å². The number of aromatic nitrogens is 1. The van der Waals surface area contributed by atoms with E-state index in [2.05, 4.69) is 67.1 Å². The van der Waals surface area contributed by atoms with E-state index in [1.807, 2.05) is 12.3 Å². The molecule has 37 heavy (non-hydrogen) atoms. The van der Waals surface area contributed by atoms with Crippen LogP contribution in [0.25, 0.3) is 0 Å². The molecule has 0 bridgehead atoms. The maximum absolute atomic E-state index is 13.1. The van der Waals surface area contributed by atoms with E-state index in [4.69, 9.17) is 4.99 Å². The molecule has 1 aliphatic heterocycles. The van der Waals surface area contributed by atoms with Crippen LogP contribution in [0.2, 0.25) is 0 Å². The smallest absolute Gasteiger partial charge is 0.190 e. The lowest BCUT2D eigenvalue weighted by Gasteiger charge is -2.26. The Hall–Kier alpha value is -3.38. The monoisotopic (exact) mass is 490 g/mol. The number of unbranched alkanes of at least 4 members (excludes halogenated alkanes) is 1. The van der Waals surface area contributed by atoms with Crippen LogP contribution in [0.3, 0.4) is 0 Å². The maximum atomic E-state index is 13.1. The summed E-state index contributed by atoms with van der Waals surface area (Å²) in [5.74, 6) is 8.06. The number of benzene rings is 2. The van der Waals surface area contributed by atoms with Crippen molar-refractivity contribution >= 4 is 11.4 Å². The van der Waals surface area contributed by atoms with E-state index in [0.717, 1.165) is 67.1 Å². The normalized spacial score (nSPS) is 19.2. The quantitative estimate of drug-likeness (QED) is 0.363. The Labute approximate surface area is 221 Å². The zero-order chi connectivity index (χ0) is 25.6. The molecule has 3 nitrogen and oxygen atoms in total. The van der Waals surface area contributed by atoms with E-state index < -0.39 is 0 Å². The lowest BCUT2D eigenvalue weighted by molar-refractivity contribution is 0.348. The van der Waals surface area contributed by atoms with E-state index >= 15 is 0 Å². The molecule has 1 saturated carbocycles. The molecule has 5 rings (SSSR count). The molecule has 1 fully saturated rings. The van der Waals surface area contributed by atoms with Crippen molar-refractivity contribution in [3.63, 3.8) is 0 Å². The molecular formula is C34H38N2O. The van der Waals surface area contributed by atoms with Crippen LogP contribution in [0, 0.1) is 17.8 Å². The molecule has 0 spiro atoms. The molecule has 2 aromatic carbocycles. The third-order valence-electron chi connectivity index (χ3n) is 7.95. The van der Waals surface area contributed by atoms with Gasteiger partial charge in [0.2, 0.25) is 0 Å². The van der Waals surface area contributed by atoms with Gasteiger partial charge >= 0.3 is 0 Å². The second-order valence-corrected chi connectivity index (χ2v) is 10.9. The van der Waals surface area contributed by atoms with Crippen molar-refractivity contribution in [1.29, 1.82) is 0 Å². The van der Waals surface area contributed by atoms with Crippen LogP contribution in [0.5, 0.6) is 0 Å². The van der Waals surface area contributed by atoms with Gasteiger partial charge in [-0.1, -0.05) is 62.8 Å². The molecule has 0 saturated heterocycles. The number of pyridine rings is 1. The summed E-state index contributed by atoms with van der Waals surface area (Å²) in [5.41, 5.74) is 8.48. The molecule has 190 valence electrons. The Morgan fingerprint density at radius 1 is 1.00 bits per heavy atom. The van der Waals surface area contributed by atoms with E-state index in [1.165, 1.54) is 42.4 Å². The first-order valence-electron chi connectivity index (χ1n) is 14.1. The number of aliphatic imine (C=N–C) groups is 1. The third kappa shape index (κ3) is 6.31. The highest BCUT2D eigenvalue weighted by molar-refractivity contribution is 6.02. The van der Waals surface area contributed by atoms with E-state index in [0.29, 0.717) is 11.5 Å². The minimum atomic E-state index is 0.0472. The zero-order valence-corrected chi connectivity index (χ0v) is 22.3. The van der Waals surface area contributed by atoms with Crippen LogP contribution < -0.4 is 5.43 Å².